The number of anilines is 1. The summed E-state index contributed by atoms with van der Waals surface area (Å²) in [6, 6.07) is 17.9. The molecule has 5 aromatic rings. The number of rotatable bonds is 6. The number of nitrogens with zero attached hydrogens (tertiary/aromatic N) is 4. The van der Waals surface area contributed by atoms with Crippen molar-refractivity contribution in [2.24, 2.45) is 0 Å². The minimum absolute atomic E-state index is 0.0511. The van der Waals surface area contributed by atoms with Gasteiger partial charge >= 0.3 is 11.9 Å². The van der Waals surface area contributed by atoms with Crippen LogP contribution in [0.2, 0.25) is 0 Å². The van der Waals surface area contributed by atoms with Crippen molar-refractivity contribution >= 4 is 22.5 Å². The van der Waals surface area contributed by atoms with Crippen molar-refractivity contribution < 1.29 is 22.5 Å². The predicted octanol–water partition coefficient (Wildman–Crippen LogP) is 4.23. The van der Waals surface area contributed by atoms with Gasteiger partial charge in [-0.25, -0.2) is 4.79 Å². The first kappa shape index (κ1) is 25.6. The van der Waals surface area contributed by atoms with E-state index in [0.717, 1.165) is 26.8 Å². The van der Waals surface area contributed by atoms with Crippen molar-refractivity contribution in [1.29, 1.82) is 0 Å². The lowest BCUT2D eigenvalue weighted by molar-refractivity contribution is -0.137. The molecule has 0 aliphatic rings. The highest BCUT2D eigenvalue weighted by Gasteiger charge is 2.33. The molecular weight excluding hydrogens is 515 g/mol. The highest BCUT2D eigenvalue weighted by atomic mass is 19.4. The molecular formula is C27H20F3N5O4. The Morgan fingerprint density at radius 3 is 2.38 bits per heavy atom. The normalized spacial score (nSPS) is 11.6. The predicted molar refractivity (Wildman–Crippen MR) is 136 cm³/mol. The number of hydrogen-bond acceptors (Lipinski definition) is 6. The first-order valence-electron chi connectivity index (χ1n) is 11.7. The summed E-state index contributed by atoms with van der Waals surface area (Å²) in [6.45, 7) is 0.929. The van der Waals surface area contributed by atoms with Gasteiger partial charge in [-0.2, -0.15) is 18.2 Å². The van der Waals surface area contributed by atoms with E-state index in [4.69, 9.17) is 4.52 Å². The van der Waals surface area contributed by atoms with Crippen LogP contribution in [0, 0.1) is 6.92 Å². The maximum absolute atomic E-state index is 13.4. The van der Waals surface area contributed by atoms with E-state index in [1.807, 2.05) is 19.1 Å². The van der Waals surface area contributed by atoms with Crippen LogP contribution in [-0.2, 0) is 24.1 Å². The Kier molecular flexibility index (Phi) is 6.60. The lowest BCUT2D eigenvalue weighted by Gasteiger charge is -2.15. The van der Waals surface area contributed by atoms with Crippen molar-refractivity contribution in [2.45, 2.75) is 26.2 Å². The largest absolute Gasteiger partial charge is 0.418 e. The van der Waals surface area contributed by atoms with Gasteiger partial charge in [0, 0.05) is 5.56 Å². The van der Waals surface area contributed by atoms with Gasteiger partial charge in [-0.05, 0) is 43.3 Å². The second-order valence-electron chi connectivity index (χ2n) is 8.75. The molecule has 0 saturated heterocycles. The fourth-order valence-corrected chi connectivity index (χ4v) is 4.11. The SMILES string of the molecule is Cc1ccc(-c2nc(Cn3c(=O)c4ccccc4n(CC(=O)Nc4ccccc4C(F)(F)F)c3=O)no2)cc1. The summed E-state index contributed by atoms with van der Waals surface area (Å²) in [5, 5.41) is 6.22. The zero-order valence-electron chi connectivity index (χ0n) is 20.4. The zero-order valence-corrected chi connectivity index (χ0v) is 20.4. The third kappa shape index (κ3) is 5.21. The molecule has 1 N–H and O–H groups in total. The number of carbonyl (C=O) groups excluding carboxylic acids is 1. The molecule has 2 aromatic heterocycles. The number of aromatic nitrogens is 4. The Morgan fingerprint density at radius 1 is 0.949 bits per heavy atom. The highest BCUT2D eigenvalue weighted by Crippen LogP contribution is 2.34. The zero-order chi connectivity index (χ0) is 27.7. The van der Waals surface area contributed by atoms with Gasteiger partial charge in [0.1, 0.15) is 6.54 Å². The number of nitrogens with one attached hydrogen (secondary N) is 1. The lowest BCUT2D eigenvalue weighted by Crippen LogP contribution is -2.42. The van der Waals surface area contributed by atoms with E-state index in [0.29, 0.717) is 5.56 Å². The van der Waals surface area contributed by atoms with E-state index >= 15 is 0 Å². The number of aryl methyl sites for hydroxylation is 1. The number of carbonyl (C=O) groups is 1. The molecule has 12 heteroatoms. The standard InChI is InChI=1S/C27H20F3N5O4/c1-16-10-12-17(13-11-16)24-32-22(33-39-24)14-35-25(37)18-6-2-5-9-21(18)34(26(35)38)15-23(36)31-20-8-4-3-7-19(20)27(28,29)30/h2-13H,14-15H2,1H3,(H,31,36). The molecule has 0 atom stereocenters. The van der Waals surface area contributed by atoms with Crippen molar-refractivity contribution in [3.63, 3.8) is 0 Å². The third-order valence-corrected chi connectivity index (χ3v) is 6.01. The van der Waals surface area contributed by atoms with Gasteiger partial charge < -0.3 is 9.84 Å². The number of halogens is 3. The molecule has 9 nitrogen and oxygen atoms in total. The van der Waals surface area contributed by atoms with Crippen molar-refractivity contribution in [3.8, 4) is 11.5 Å². The van der Waals surface area contributed by atoms with Crippen LogP contribution >= 0.6 is 0 Å². The van der Waals surface area contributed by atoms with E-state index in [1.54, 1.807) is 24.3 Å². The Hall–Kier alpha value is -5.00. The summed E-state index contributed by atoms with van der Waals surface area (Å²) in [5.74, 6) is -0.637. The monoisotopic (exact) mass is 535 g/mol. The highest BCUT2D eigenvalue weighted by molar-refractivity contribution is 5.92. The first-order valence-corrected chi connectivity index (χ1v) is 11.7. The van der Waals surface area contributed by atoms with Crippen LogP contribution in [0.4, 0.5) is 18.9 Å². The molecule has 0 radical (unpaired) electrons. The fraction of sp³-hybridized carbons (Fsp3) is 0.148. The number of hydrogen-bond donors (Lipinski definition) is 1. The number of fused-ring (bicyclic) bond motifs is 1. The Bertz CT molecular complexity index is 1800. The molecule has 5 rings (SSSR count). The van der Waals surface area contributed by atoms with Crippen LogP contribution in [0.25, 0.3) is 22.4 Å². The Morgan fingerprint density at radius 2 is 1.64 bits per heavy atom. The maximum atomic E-state index is 13.4. The molecule has 2 heterocycles. The van der Waals surface area contributed by atoms with E-state index in [1.165, 1.54) is 24.3 Å². The second kappa shape index (κ2) is 10.0. The molecule has 0 saturated carbocycles. The fourth-order valence-electron chi connectivity index (χ4n) is 4.11. The van der Waals surface area contributed by atoms with Gasteiger partial charge in [0.25, 0.3) is 11.4 Å². The van der Waals surface area contributed by atoms with E-state index < -0.39 is 41.1 Å². The average molecular weight is 535 g/mol. The Balaban J connectivity index is 1.49. The number of alkyl halides is 3. The molecule has 0 fully saturated rings. The van der Waals surface area contributed by atoms with Gasteiger partial charge in [-0.1, -0.05) is 47.1 Å². The summed E-state index contributed by atoms with van der Waals surface area (Å²) in [5.41, 5.74) is -1.14. The van der Waals surface area contributed by atoms with Crippen LogP contribution in [0.15, 0.2) is 86.9 Å². The molecule has 0 bridgehead atoms. The molecule has 3 aromatic carbocycles. The number of benzene rings is 3. The van der Waals surface area contributed by atoms with E-state index in [9.17, 15) is 27.6 Å². The summed E-state index contributed by atoms with van der Waals surface area (Å²) in [4.78, 5) is 43.7. The minimum atomic E-state index is -4.69. The van der Waals surface area contributed by atoms with Gasteiger partial charge in [0.15, 0.2) is 5.82 Å². The number of amides is 1. The molecule has 198 valence electrons. The van der Waals surface area contributed by atoms with Gasteiger partial charge in [0.2, 0.25) is 5.91 Å². The van der Waals surface area contributed by atoms with Gasteiger partial charge in [-0.15, -0.1) is 0 Å². The Labute approximate surface area is 218 Å². The van der Waals surface area contributed by atoms with Crippen LogP contribution in [-0.4, -0.2) is 25.2 Å². The van der Waals surface area contributed by atoms with Crippen LogP contribution < -0.4 is 16.6 Å². The van der Waals surface area contributed by atoms with Crippen LogP contribution in [0.5, 0.6) is 0 Å². The second-order valence-corrected chi connectivity index (χ2v) is 8.75. The summed E-state index contributed by atoms with van der Waals surface area (Å²) < 4.78 is 47.3. The molecule has 0 unspecified atom stereocenters. The van der Waals surface area contributed by atoms with Gasteiger partial charge in [0.05, 0.1) is 28.7 Å². The van der Waals surface area contributed by atoms with Crippen molar-refractivity contribution in [3.05, 3.63) is 111 Å². The minimum Gasteiger partial charge on any atom is -0.334 e. The van der Waals surface area contributed by atoms with E-state index in [2.05, 4.69) is 15.5 Å². The quantitative estimate of drug-likeness (QED) is 0.348. The van der Waals surface area contributed by atoms with Gasteiger partial charge in [-0.3, -0.25) is 18.7 Å². The van der Waals surface area contributed by atoms with Crippen molar-refractivity contribution in [2.75, 3.05) is 5.32 Å². The molecule has 0 spiro atoms. The third-order valence-electron chi connectivity index (χ3n) is 6.01. The summed E-state index contributed by atoms with van der Waals surface area (Å²) in [6.07, 6.45) is -4.69. The number of para-hydroxylation sites is 2. The van der Waals surface area contributed by atoms with E-state index in [-0.39, 0.29) is 29.2 Å². The topological polar surface area (TPSA) is 112 Å². The molecule has 0 aliphatic carbocycles. The average Bonchev–Trinajstić information content (AvgIpc) is 3.38. The first-order chi connectivity index (χ1) is 18.6. The molecule has 1 amide bonds. The van der Waals surface area contributed by atoms with Crippen LogP contribution in [0.3, 0.4) is 0 Å². The molecule has 39 heavy (non-hydrogen) atoms. The summed E-state index contributed by atoms with van der Waals surface area (Å²) in [7, 11) is 0. The lowest BCUT2D eigenvalue weighted by atomic mass is 10.1. The molecule has 0 aliphatic heterocycles. The summed E-state index contributed by atoms with van der Waals surface area (Å²) >= 11 is 0. The van der Waals surface area contributed by atoms with Crippen molar-refractivity contribution in [1.82, 2.24) is 19.3 Å². The smallest absolute Gasteiger partial charge is 0.334 e. The van der Waals surface area contributed by atoms with Crippen LogP contribution in [0.1, 0.15) is 17.0 Å². The maximum Gasteiger partial charge on any atom is 0.418 e.